The summed E-state index contributed by atoms with van der Waals surface area (Å²) in [5, 5.41) is 3.11. The highest BCUT2D eigenvalue weighted by Crippen LogP contribution is 2.21. The van der Waals surface area contributed by atoms with Crippen LogP contribution in [-0.4, -0.2) is 16.9 Å². The van der Waals surface area contributed by atoms with E-state index < -0.39 is 0 Å². The van der Waals surface area contributed by atoms with Crippen molar-refractivity contribution in [3.05, 3.63) is 65.5 Å². The second kappa shape index (κ2) is 5.22. The van der Waals surface area contributed by atoms with E-state index >= 15 is 0 Å². The molecule has 0 radical (unpaired) electrons. The van der Waals surface area contributed by atoms with Crippen LogP contribution in [0.1, 0.15) is 27.9 Å². The Hall–Kier alpha value is -2.16. The summed E-state index contributed by atoms with van der Waals surface area (Å²) in [6.07, 6.45) is 6.26. The predicted octanol–water partition coefficient (Wildman–Crippen LogP) is 2.37. The summed E-state index contributed by atoms with van der Waals surface area (Å²) < 4.78 is 0. The molecule has 1 aromatic heterocycles. The first-order valence-electron chi connectivity index (χ1n) is 6.60. The zero-order valence-corrected chi connectivity index (χ0v) is 10.7. The van der Waals surface area contributed by atoms with E-state index in [0.29, 0.717) is 5.56 Å². The molecule has 1 unspecified atom stereocenters. The lowest BCUT2D eigenvalue weighted by atomic mass is 9.88. The summed E-state index contributed by atoms with van der Waals surface area (Å²) in [4.78, 5) is 16.0. The van der Waals surface area contributed by atoms with Crippen LogP contribution < -0.4 is 5.32 Å². The molecule has 1 aromatic carbocycles. The molecule has 0 fully saturated rings. The van der Waals surface area contributed by atoms with Crippen LogP contribution in [0.5, 0.6) is 0 Å². The molecular formula is C16H16N2O. The van der Waals surface area contributed by atoms with Crippen LogP contribution in [0, 0.1) is 0 Å². The summed E-state index contributed by atoms with van der Waals surface area (Å²) in [7, 11) is 0. The third-order valence-electron chi connectivity index (χ3n) is 3.62. The first kappa shape index (κ1) is 11.9. The fraction of sp³-hybridized carbons (Fsp3) is 0.250. The number of fused-ring (bicyclic) bond motifs is 1. The van der Waals surface area contributed by atoms with Crippen LogP contribution in [0.3, 0.4) is 0 Å². The van der Waals surface area contributed by atoms with Gasteiger partial charge < -0.3 is 5.32 Å². The number of pyridine rings is 1. The number of nitrogens with one attached hydrogen (secondary N) is 1. The van der Waals surface area contributed by atoms with Crippen LogP contribution in [0.25, 0.3) is 0 Å². The Labute approximate surface area is 112 Å². The molecule has 1 aliphatic carbocycles. The van der Waals surface area contributed by atoms with Crippen molar-refractivity contribution in [2.45, 2.75) is 25.3 Å². The highest BCUT2D eigenvalue weighted by Gasteiger charge is 2.20. The van der Waals surface area contributed by atoms with E-state index in [1.54, 1.807) is 24.5 Å². The molecule has 19 heavy (non-hydrogen) atoms. The fourth-order valence-corrected chi connectivity index (χ4v) is 2.59. The minimum absolute atomic E-state index is 0.00761. The van der Waals surface area contributed by atoms with Gasteiger partial charge in [0, 0.05) is 24.0 Å². The zero-order valence-electron chi connectivity index (χ0n) is 10.7. The maximum absolute atomic E-state index is 12.1. The largest absolute Gasteiger partial charge is 0.349 e. The maximum atomic E-state index is 12.1. The van der Waals surface area contributed by atoms with Gasteiger partial charge in [-0.15, -0.1) is 0 Å². The number of carbonyl (C=O) groups is 1. The Bertz CT molecular complexity index is 580. The lowest BCUT2D eigenvalue weighted by Crippen LogP contribution is -2.38. The van der Waals surface area contributed by atoms with Crippen molar-refractivity contribution in [2.24, 2.45) is 0 Å². The molecule has 0 aliphatic heterocycles. The Kier molecular flexibility index (Phi) is 3.27. The number of rotatable bonds is 2. The monoisotopic (exact) mass is 252 g/mol. The van der Waals surface area contributed by atoms with E-state index in [0.717, 1.165) is 19.3 Å². The van der Waals surface area contributed by atoms with Gasteiger partial charge in [-0.1, -0.05) is 24.3 Å². The number of carbonyl (C=O) groups excluding carboxylic acids is 1. The molecule has 1 heterocycles. The SMILES string of the molecule is O=C(NC1CCc2ccccc2C1)c1ccncc1. The van der Waals surface area contributed by atoms with Crippen molar-refractivity contribution in [1.29, 1.82) is 0 Å². The molecule has 3 rings (SSSR count). The number of benzene rings is 1. The third-order valence-corrected chi connectivity index (χ3v) is 3.62. The summed E-state index contributed by atoms with van der Waals surface area (Å²) in [5.74, 6) is -0.00761. The minimum atomic E-state index is -0.00761. The molecule has 0 saturated heterocycles. The minimum Gasteiger partial charge on any atom is -0.349 e. The van der Waals surface area contributed by atoms with Gasteiger partial charge >= 0.3 is 0 Å². The average molecular weight is 252 g/mol. The highest BCUT2D eigenvalue weighted by molar-refractivity contribution is 5.94. The Balaban J connectivity index is 1.68. The molecule has 0 saturated carbocycles. The first-order chi connectivity index (χ1) is 9.33. The summed E-state index contributed by atoms with van der Waals surface area (Å²) in [6.45, 7) is 0. The van der Waals surface area contributed by atoms with Gasteiger partial charge in [-0.05, 0) is 42.5 Å². The highest BCUT2D eigenvalue weighted by atomic mass is 16.1. The molecule has 1 atom stereocenters. The van der Waals surface area contributed by atoms with Gasteiger partial charge in [-0.25, -0.2) is 0 Å². The van der Waals surface area contributed by atoms with E-state index in [1.165, 1.54) is 11.1 Å². The number of aryl methyl sites for hydroxylation is 1. The van der Waals surface area contributed by atoms with Crippen LogP contribution in [0.15, 0.2) is 48.8 Å². The molecular weight excluding hydrogens is 236 g/mol. The summed E-state index contributed by atoms with van der Waals surface area (Å²) >= 11 is 0. The molecule has 1 amide bonds. The van der Waals surface area contributed by atoms with Crippen molar-refractivity contribution in [1.82, 2.24) is 10.3 Å². The van der Waals surface area contributed by atoms with Gasteiger partial charge in [-0.3, -0.25) is 9.78 Å². The predicted molar refractivity (Wildman–Crippen MR) is 74.0 cm³/mol. The molecule has 96 valence electrons. The number of aromatic nitrogens is 1. The fourth-order valence-electron chi connectivity index (χ4n) is 2.59. The number of hydrogen-bond acceptors (Lipinski definition) is 2. The van der Waals surface area contributed by atoms with Crippen LogP contribution in [0.4, 0.5) is 0 Å². The second-order valence-electron chi connectivity index (χ2n) is 4.92. The Morgan fingerprint density at radius 2 is 1.84 bits per heavy atom. The molecule has 0 spiro atoms. The first-order valence-corrected chi connectivity index (χ1v) is 6.60. The topological polar surface area (TPSA) is 42.0 Å². The van der Waals surface area contributed by atoms with E-state index in [4.69, 9.17) is 0 Å². The van der Waals surface area contributed by atoms with Gasteiger partial charge in [0.25, 0.3) is 5.91 Å². The molecule has 3 nitrogen and oxygen atoms in total. The molecule has 0 bridgehead atoms. The normalized spacial score (nSPS) is 17.6. The quantitative estimate of drug-likeness (QED) is 0.891. The van der Waals surface area contributed by atoms with Gasteiger partial charge in [0.2, 0.25) is 0 Å². The van der Waals surface area contributed by atoms with Gasteiger partial charge in [-0.2, -0.15) is 0 Å². The third kappa shape index (κ3) is 2.65. The van der Waals surface area contributed by atoms with Crippen molar-refractivity contribution < 1.29 is 4.79 Å². The van der Waals surface area contributed by atoms with Crippen molar-refractivity contribution in [3.63, 3.8) is 0 Å². The zero-order chi connectivity index (χ0) is 13.1. The van der Waals surface area contributed by atoms with Crippen molar-refractivity contribution >= 4 is 5.91 Å². The second-order valence-corrected chi connectivity index (χ2v) is 4.92. The van der Waals surface area contributed by atoms with Crippen molar-refractivity contribution in [3.8, 4) is 0 Å². The number of amides is 1. The van der Waals surface area contributed by atoms with Crippen LogP contribution >= 0.6 is 0 Å². The maximum Gasteiger partial charge on any atom is 0.251 e. The summed E-state index contributed by atoms with van der Waals surface area (Å²) in [6, 6.07) is 12.2. The Morgan fingerprint density at radius 1 is 1.11 bits per heavy atom. The Morgan fingerprint density at radius 3 is 2.63 bits per heavy atom. The number of nitrogens with zero attached hydrogens (tertiary/aromatic N) is 1. The molecule has 1 aliphatic rings. The summed E-state index contributed by atoms with van der Waals surface area (Å²) in [5.41, 5.74) is 3.44. The standard InChI is InChI=1S/C16H16N2O/c19-16(13-7-9-17-10-8-13)18-15-6-5-12-3-1-2-4-14(12)11-15/h1-4,7-10,15H,5-6,11H2,(H,18,19). The number of hydrogen-bond donors (Lipinski definition) is 1. The van der Waals surface area contributed by atoms with E-state index in [1.807, 2.05) is 0 Å². The molecule has 2 aromatic rings. The van der Waals surface area contributed by atoms with E-state index in [-0.39, 0.29) is 11.9 Å². The van der Waals surface area contributed by atoms with Gasteiger partial charge in [0.1, 0.15) is 0 Å². The van der Waals surface area contributed by atoms with Gasteiger partial charge in [0.15, 0.2) is 0 Å². The average Bonchev–Trinajstić information content (AvgIpc) is 2.48. The lowest BCUT2D eigenvalue weighted by Gasteiger charge is -2.25. The van der Waals surface area contributed by atoms with Crippen LogP contribution in [0.2, 0.25) is 0 Å². The van der Waals surface area contributed by atoms with E-state index in [9.17, 15) is 4.79 Å². The van der Waals surface area contributed by atoms with E-state index in [2.05, 4.69) is 34.6 Å². The van der Waals surface area contributed by atoms with Crippen LogP contribution in [-0.2, 0) is 12.8 Å². The van der Waals surface area contributed by atoms with Gasteiger partial charge in [0.05, 0.1) is 0 Å². The molecule has 3 heteroatoms. The van der Waals surface area contributed by atoms with Crippen molar-refractivity contribution in [2.75, 3.05) is 0 Å². The lowest BCUT2D eigenvalue weighted by molar-refractivity contribution is 0.0933. The smallest absolute Gasteiger partial charge is 0.251 e. The molecule has 1 N–H and O–H groups in total.